The Morgan fingerprint density at radius 3 is 2.90 bits per heavy atom. The standard InChI is InChI=1S/C6H6BrNO2/c1-9-6(8)5-4(7)2-3-10-5/h2-3,8H,1H3. The number of furan rings is 1. The summed E-state index contributed by atoms with van der Waals surface area (Å²) in [5, 5.41) is 7.19. The molecule has 0 atom stereocenters. The van der Waals surface area contributed by atoms with Crippen LogP contribution in [0.1, 0.15) is 5.76 Å². The van der Waals surface area contributed by atoms with Crippen molar-refractivity contribution in [3.05, 3.63) is 22.6 Å². The van der Waals surface area contributed by atoms with Crippen LogP contribution in [0.4, 0.5) is 0 Å². The first-order valence-electron chi connectivity index (χ1n) is 2.61. The fraction of sp³-hybridized carbons (Fsp3) is 0.167. The van der Waals surface area contributed by atoms with Gasteiger partial charge >= 0.3 is 0 Å². The molecule has 3 nitrogen and oxygen atoms in total. The van der Waals surface area contributed by atoms with Gasteiger partial charge in [0.25, 0.3) is 5.90 Å². The van der Waals surface area contributed by atoms with Gasteiger partial charge in [0, 0.05) is 0 Å². The van der Waals surface area contributed by atoms with Crippen LogP contribution >= 0.6 is 15.9 Å². The zero-order valence-electron chi connectivity index (χ0n) is 5.35. The molecule has 0 radical (unpaired) electrons. The van der Waals surface area contributed by atoms with E-state index < -0.39 is 0 Å². The Morgan fingerprint density at radius 1 is 1.80 bits per heavy atom. The van der Waals surface area contributed by atoms with Gasteiger partial charge in [-0.2, -0.15) is 0 Å². The molecule has 54 valence electrons. The van der Waals surface area contributed by atoms with Gasteiger partial charge in [0.2, 0.25) is 5.76 Å². The smallest absolute Gasteiger partial charge is 0.251 e. The highest BCUT2D eigenvalue weighted by atomic mass is 79.9. The SMILES string of the molecule is COC(=N)c1occc1Br. The van der Waals surface area contributed by atoms with Crippen LogP contribution in [0.15, 0.2) is 21.2 Å². The molecule has 10 heavy (non-hydrogen) atoms. The van der Waals surface area contributed by atoms with Crippen molar-refractivity contribution in [3.63, 3.8) is 0 Å². The minimum absolute atomic E-state index is 0.0249. The number of nitrogens with one attached hydrogen (secondary N) is 1. The van der Waals surface area contributed by atoms with Crippen LogP contribution in [0.25, 0.3) is 0 Å². The lowest BCUT2D eigenvalue weighted by Crippen LogP contribution is -1.99. The van der Waals surface area contributed by atoms with Gasteiger partial charge in [0.15, 0.2) is 0 Å². The van der Waals surface area contributed by atoms with Crippen LogP contribution in [0, 0.1) is 5.41 Å². The van der Waals surface area contributed by atoms with Gasteiger partial charge < -0.3 is 9.15 Å². The summed E-state index contributed by atoms with van der Waals surface area (Å²) >= 11 is 3.19. The number of methoxy groups -OCH3 is 1. The van der Waals surface area contributed by atoms with E-state index in [-0.39, 0.29) is 5.90 Å². The summed E-state index contributed by atoms with van der Waals surface area (Å²) < 4.78 is 10.3. The molecule has 1 aromatic rings. The van der Waals surface area contributed by atoms with Crippen LogP contribution in [-0.2, 0) is 4.74 Å². The molecular formula is C6H6BrNO2. The predicted molar refractivity (Wildman–Crippen MR) is 40.2 cm³/mol. The van der Waals surface area contributed by atoms with E-state index >= 15 is 0 Å². The van der Waals surface area contributed by atoms with E-state index in [1.807, 2.05) is 0 Å². The highest BCUT2D eigenvalue weighted by Gasteiger charge is 2.08. The minimum atomic E-state index is 0.0249. The van der Waals surface area contributed by atoms with Crippen LogP contribution < -0.4 is 0 Å². The highest BCUT2D eigenvalue weighted by molar-refractivity contribution is 9.10. The maximum absolute atomic E-state index is 7.19. The Bertz CT molecular complexity index is 244. The van der Waals surface area contributed by atoms with Crippen molar-refractivity contribution in [2.75, 3.05) is 7.11 Å². The van der Waals surface area contributed by atoms with Gasteiger partial charge in [-0.3, -0.25) is 5.41 Å². The largest absolute Gasteiger partial charge is 0.479 e. The maximum Gasteiger partial charge on any atom is 0.251 e. The van der Waals surface area contributed by atoms with E-state index in [2.05, 4.69) is 20.7 Å². The number of hydrogen-bond donors (Lipinski definition) is 1. The summed E-state index contributed by atoms with van der Waals surface area (Å²) in [5.74, 6) is 0.444. The lowest BCUT2D eigenvalue weighted by atomic mass is 10.4. The number of hydrogen-bond acceptors (Lipinski definition) is 3. The Balaban J connectivity index is 2.93. The number of halogens is 1. The van der Waals surface area contributed by atoms with Crippen LogP contribution in [0.5, 0.6) is 0 Å². The molecule has 0 aliphatic carbocycles. The van der Waals surface area contributed by atoms with E-state index in [0.29, 0.717) is 5.76 Å². The van der Waals surface area contributed by atoms with Gasteiger partial charge in [-0.15, -0.1) is 0 Å². The topological polar surface area (TPSA) is 46.2 Å². The zero-order chi connectivity index (χ0) is 7.56. The molecule has 0 aliphatic rings. The Kier molecular flexibility index (Phi) is 2.11. The molecule has 0 fully saturated rings. The van der Waals surface area contributed by atoms with Crippen molar-refractivity contribution >= 4 is 21.8 Å². The summed E-state index contributed by atoms with van der Waals surface area (Å²) in [7, 11) is 1.43. The monoisotopic (exact) mass is 203 g/mol. The molecule has 1 aromatic heterocycles. The van der Waals surface area contributed by atoms with Gasteiger partial charge in [-0.05, 0) is 22.0 Å². The third kappa shape index (κ3) is 1.21. The molecule has 0 amide bonds. The van der Waals surface area contributed by atoms with Gasteiger partial charge in [0.1, 0.15) is 0 Å². The van der Waals surface area contributed by atoms with E-state index in [0.717, 1.165) is 4.47 Å². The molecular weight excluding hydrogens is 198 g/mol. The van der Waals surface area contributed by atoms with Crippen LogP contribution in [-0.4, -0.2) is 13.0 Å². The quantitative estimate of drug-likeness (QED) is 0.561. The molecule has 0 unspecified atom stereocenters. The Morgan fingerprint density at radius 2 is 2.50 bits per heavy atom. The fourth-order valence-corrected chi connectivity index (χ4v) is 0.930. The zero-order valence-corrected chi connectivity index (χ0v) is 6.94. The number of rotatable bonds is 1. The lowest BCUT2D eigenvalue weighted by Gasteiger charge is -1.96. The first kappa shape index (κ1) is 7.34. The molecule has 0 bridgehead atoms. The summed E-state index contributed by atoms with van der Waals surface area (Å²) in [6.07, 6.45) is 1.49. The second-order valence-electron chi connectivity index (χ2n) is 1.63. The maximum atomic E-state index is 7.19. The highest BCUT2D eigenvalue weighted by Crippen LogP contribution is 2.17. The van der Waals surface area contributed by atoms with Gasteiger partial charge in [-0.1, -0.05) is 0 Å². The summed E-state index contributed by atoms with van der Waals surface area (Å²) in [6.45, 7) is 0. The molecule has 0 aromatic carbocycles. The van der Waals surface area contributed by atoms with Crippen molar-refractivity contribution in [2.45, 2.75) is 0 Å². The van der Waals surface area contributed by atoms with Crippen molar-refractivity contribution < 1.29 is 9.15 Å². The molecule has 0 saturated heterocycles. The molecule has 1 rings (SSSR count). The van der Waals surface area contributed by atoms with Crippen molar-refractivity contribution in [1.82, 2.24) is 0 Å². The van der Waals surface area contributed by atoms with Crippen LogP contribution in [0.2, 0.25) is 0 Å². The first-order chi connectivity index (χ1) is 4.75. The second-order valence-corrected chi connectivity index (χ2v) is 2.49. The fourth-order valence-electron chi connectivity index (χ4n) is 0.548. The Hall–Kier alpha value is -0.770. The predicted octanol–water partition coefficient (Wildman–Crippen LogP) is 2.01. The average Bonchev–Trinajstić information content (AvgIpc) is 2.34. The van der Waals surface area contributed by atoms with Crippen molar-refractivity contribution in [3.8, 4) is 0 Å². The van der Waals surface area contributed by atoms with E-state index in [4.69, 9.17) is 9.83 Å². The summed E-state index contributed by atoms with van der Waals surface area (Å²) in [6, 6.07) is 1.71. The summed E-state index contributed by atoms with van der Waals surface area (Å²) in [4.78, 5) is 0. The molecule has 0 aliphatic heterocycles. The Labute approximate surface area is 66.6 Å². The van der Waals surface area contributed by atoms with Crippen molar-refractivity contribution in [2.24, 2.45) is 0 Å². The van der Waals surface area contributed by atoms with E-state index in [9.17, 15) is 0 Å². The normalized spacial score (nSPS) is 9.40. The third-order valence-electron chi connectivity index (χ3n) is 1.03. The van der Waals surface area contributed by atoms with Gasteiger partial charge in [0.05, 0.1) is 17.8 Å². The summed E-state index contributed by atoms with van der Waals surface area (Å²) in [5.41, 5.74) is 0. The second kappa shape index (κ2) is 2.88. The molecule has 1 heterocycles. The lowest BCUT2D eigenvalue weighted by molar-refractivity contribution is 0.384. The van der Waals surface area contributed by atoms with Crippen LogP contribution in [0.3, 0.4) is 0 Å². The third-order valence-corrected chi connectivity index (χ3v) is 1.65. The average molecular weight is 204 g/mol. The first-order valence-corrected chi connectivity index (χ1v) is 3.41. The van der Waals surface area contributed by atoms with Gasteiger partial charge in [-0.25, -0.2) is 0 Å². The number of ether oxygens (including phenoxy) is 1. The molecule has 1 N–H and O–H groups in total. The molecule has 0 saturated carbocycles. The molecule has 4 heteroatoms. The van der Waals surface area contributed by atoms with Crippen molar-refractivity contribution in [1.29, 1.82) is 5.41 Å². The van der Waals surface area contributed by atoms with E-state index in [1.165, 1.54) is 13.4 Å². The van der Waals surface area contributed by atoms with E-state index in [1.54, 1.807) is 6.07 Å². The molecule has 0 spiro atoms. The minimum Gasteiger partial charge on any atom is -0.479 e.